The van der Waals surface area contributed by atoms with Crippen molar-refractivity contribution in [2.45, 2.75) is 6.54 Å². The Hall–Kier alpha value is -2.47. The molecule has 4 aromatic heterocycles. The van der Waals surface area contributed by atoms with Gasteiger partial charge in [0.15, 0.2) is 5.82 Å². The van der Waals surface area contributed by atoms with Crippen LogP contribution in [0.5, 0.6) is 0 Å². The van der Waals surface area contributed by atoms with Crippen molar-refractivity contribution < 1.29 is 0 Å². The Bertz CT molecular complexity index is 843. The molecule has 0 fully saturated rings. The van der Waals surface area contributed by atoms with E-state index < -0.39 is 0 Å². The van der Waals surface area contributed by atoms with Crippen LogP contribution in [0.4, 0.5) is 0 Å². The van der Waals surface area contributed by atoms with Crippen molar-refractivity contribution >= 4 is 17.0 Å². The molecule has 0 aromatic carbocycles. The summed E-state index contributed by atoms with van der Waals surface area (Å²) in [5, 5.41) is 0. The van der Waals surface area contributed by atoms with Crippen LogP contribution < -0.4 is 0 Å². The summed E-state index contributed by atoms with van der Waals surface area (Å²) in [6, 6.07) is 6.00. The monoisotopic (exact) mass is 281 g/mol. The molecule has 0 N–H and O–H groups in total. The Morgan fingerprint density at radius 1 is 1.10 bits per heavy atom. The van der Waals surface area contributed by atoms with Crippen molar-refractivity contribution in [3.63, 3.8) is 0 Å². The summed E-state index contributed by atoms with van der Waals surface area (Å²) in [5.74, 6) is 0.943. The van der Waals surface area contributed by atoms with Gasteiger partial charge in [0.1, 0.15) is 5.65 Å². The Morgan fingerprint density at radius 2 is 2.10 bits per heavy atom. The number of rotatable bonds is 3. The summed E-state index contributed by atoms with van der Waals surface area (Å²) in [6.07, 6.45) is 9.58. The van der Waals surface area contributed by atoms with E-state index in [0.717, 1.165) is 28.6 Å². The van der Waals surface area contributed by atoms with E-state index in [-0.39, 0.29) is 0 Å². The first-order valence-electron chi connectivity index (χ1n) is 6.23. The number of hydrogen-bond donors (Lipinski definition) is 0. The van der Waals surface area contributed by atoms with E-state index in [2.05, 4.69) is 23.9 Å². The largest absolute Gasteiger partial charge is 0.324 e. The van der Waals surface area contributed by atoms with Crippen LogP contribution in [-0.4, -0.2) is 23.9 Å². The van der Waals surface area contributed by atoms with Crippen LogP contribution in [0, 0.1) is 0 Å². The highest BCUT2D eigenvalue weighted by molar-refractivity contribution is 7.13. The molecule has 4 heterocycles. The lowest BCUT2D eigenvalue weighted by atomic mass is 10.4. The highest BCUT2D eigenvalue weighted by atomic mass is 32.1. The fourth-order valence-electron chi connectivity index (χ4n) is 2.26. The molecule has 0 saturated heterocycles. The maximum atomic E-state index is 4.42. The number of thiazole rings is 1. The molecule has 0 saturated carbocycles. The minimum absolute atomic E-state index is 0.735. The lowest BCUT2D eigenvalue weighted by Crippen LogP contribution is -2.03. The number of aromatic nitrogens is 5. The van der Waals surface area contributed by atoms with Gasteiger partial charge in [0.25, 0.3) is 0 Å². The normalized spacial score (nSPS) is 11.2. The Labute approximate surface area is 119 Å². The second-order valence-corrected chi connectivity index (χ2v) is 5.31. The predicted octanol–water partition coefficient (Wildman–Crippen LogP) is 2.70. The van der Waals surface area contributed by atoms with Crippen LogP contribution in [0.25, 0.3) is 16.3 Å². The molecule has 0 aliphatic rings. The average molecular weight is 281 g/mol. The first-order valence-corrected chi connectivity index (χ1v) is 7.11. The van der Waals surface area contributed by atoms with Crippen molar-refractivity contribution in [3.05, 3.63) is 60.4 Å². The molecule has 0 aliphatic carbocycles. The lowest BCUT2D eigenvalue weighted by Gasteiger charge is -2.06. The molecule has 98 valence electrons. The van der Waals surface area contributed by atoms with Crippen molar-refractivity contribution in [1.29, 1.82) is 0 Å². The van der Waals surface area contributed by atoms with E-state index in [9.17, 15) is 0 Å². The molecule has 20 heavy (non-hydrogen) atoms. The van der Waals surface area contributed by atoms with Crippen LogP contribution in [0.3, 0.4) is 0 Å². The summed E-state index contributed by atoms with van der Waals surface area (Å²) in [5.41, 5.74) is 3.91. The van der Waals surface area contributed by atoms with Crippen molar-refractivity contribution in [3.8, 4) is 10.7 Å². The Kier molecular flexibility index (Phi) is 2.60. The SMILES string of the molecule is c1ccn2c(Cn3ccnc3-c3cncs3)cnc2c1. The van der Waals surface area contributed by atoms with Gasteiger partial charge in [-0.25, -0.2) is 9.97 Å². The maximum Gasteiger partial charge on any atom is 0.151 e. The standard InChI is InChI=1S/C14H11N5S/c1-2-5-19-11(7-17-13(19)3-1)9-18-6-4-16-14(18)12-8-15-10-20-12/h1-8,10H,9H2. The number of pyridine rings is 1. The molecule has 4 rings (SSSR count). The lowest BCUT2D eigenvalue weighted by molar-refractivity contribution is 0.774. The quantitative estimate of drug-likeness (QED) is 0.580. The third kappa shape index (κ3) is 1.81. The van der Waals surface area contributed by atoms with Crippen molar-refractivity contribution in [2.24, 2.45) is 0 Å². The van der Waals surface area contributed by atoms with E-state index in [1.54, 1.807) is 11.3 Å². The van der Waals surface area contributed by atoms with Crippen LogP contribution in [0.2, 0.25) is 0 Å². The Balaban J connectivity index is 1.75. The van der Waals surface area contributed by atoms with Crippen LogP contribution in [-0.2, 0) is 6.54 Å². The molecule has 0 amide bonds. The highest BCUT2D eigenvalue weighted by Gasteiger charge is 2.10. The minimum Gasteiger partial charge on any atom is -0.324 e. The first kappa shape index (κ1) is 11.4. The van der Waals surface area contributed by atoms with Crippen molar-refractivity contribution in [1.82, 2.24) is 23.9 Å². The van der Waals surface area contributed by atoms with Crippen molar-refractivity contribution in [2.75, 3.05) is 0 Å². The molecule has 0 aliphatic heterocycles. The predicted molar refractivity (Wildman–Crippen MR) is 77.6 cm³/mol. The highest BCUT2D eigenvalue weighted by Crippen LogP contribution is 2.22. The average Bonchev–Trinajstić information content (AvgIpc) is 3.19. The molecule has 4 aromatic rings. The van der Waals surface area contributed by atoms with Gasteiger partial charge in [-0.05, 0) is 12.1 Å². The van der Waals surface area contributed by atoms with Gasteiger partial charge in [0.05, 0.1) is 28.8 Å². The van der Waals surface area contributed by atoms with Gasteiger partial charge in [0, 0.05) is 24.8 Å². The molecule has 0 atom stereocenters. The van der Waals surface area contributed by atoms with Crippen LogP contribution >= 0.6 is 11.3 Å². The second kappa shape index (κ2) is 4.57. The summed E-state index contributed by atoms with van der Waals surface area (Å²) in [4.78, 5) is 14.0. The molecular formula is C14H11N5S. The second-order valence-electron chi connectivity index (χ2n) is 4.42. The smallest absolute Gasteiger partial charge is 0.151 e. The summed E-state index contributed by atoms with van der Waals surface area (Å²) in [7, 11) is 0. The van der Waals surface area contributed by atoms with Crippen LogP contribution in [0.15, 0.2) is 54.7 Å². The summed E-state index contributed by atoms with van der Waals surface area (Å²) in [6.45, 7) is 0.735. The summed E-state index contributed by atoms with van der Waals surface area (Å²) >= 11 is 1.59. The molecule has 0 bridgehead atoms. The molecule has 5 nitrogen and oxygen atoms in total. The van der Waals surface area contributed by atoms with Gasteiger partial charge in [-0.2, -0.15) is 0 Å². The Morgan fingerprint density at radius 3 is 3.00 bits per heavy atom. The third-order valence-corrected chi connectivity index (χ3v) is 3.96. The van der Waals surface area contributed by atoms with E-state index in [1.807, 2.05) is 54.7 Å². The van der Waals surface area contributed by atoms with Gasteiger partial charge in [0.2, 0.25) is 0 Å². The van der Waals surface area contributed by atoms with E-state index in [1.165, 1.54) is 0 Å². The zero-order chi connectivity index (χ0) is 13.4. The van der Waals surface area contributed by atoms with Gasteiger partial charge < -0.3 is 8.97 Å². The van der Waals surface area contributed by atoms with Gasteiger partial charge in [-0.1, -0.05) is 6.07 Å². The van der Waals surface area contributed by atoms with E-state index in [4.69, 9.17) is 0 Å². The summed E-state index contributed by atoms with van der Waals surface area (Å²) < 4.78 is 4.21. The molecule has 6 heteroatoms. The number of nitrogens with zero attached hydrogens (tertiary/aromatic N) is 5. The molecule has 0 spiro atoms. The van der Waals surface area contributed by atoms with Crippen LogP contribution in [0.1, 0.15) is 5.69 Å². The minimum atomic E-state index is 0.735. The molecular weight excluding hydrogens is 270 g/mol. The number of imidazole rings is 2. The fraction of sp³-hybridized carbons (Fsp3) is 0.0714. The zero-order valence-corrected chi connectivity index (χ0v) is 11.4. The van der Waals surface area contributed by atoms with Gasteiger partial charge >= 0.3 is 0 Å². The zero-order valence-electron chi connectivity index (χ0n) is 10.5. The topological polar surface area (TPSA) is 48.0 Å². The van der Waals surface area contributed by atoms with E-state index >= 15 is 0 Å². The molecule has 0 radical (unpaired) electrons. The third-order valence-electron chi connectivity index (χ3n) is 3.19. The van der Waals surface area contributed by atoms with Gasteiger partial charge in [-0.3, -0.25) is 4.98 Å². The van der Waals surface area contributed by atoms with E-state index in [0.29, 0.717) is 0 Å². The fourth-order valence-corrected chi connectivity index (χ4v) is 2.90. The number of fused-ring (bicyclic) bond motifs is 1. The first-order chi connectivity index (χ1) is 9.92. The maximum absolute atomic E-state index is 4.42. The van der Waals surface area contributed by atoms with Gasteiger partial charge in [-0.15, -0.1) is 11.3 Å². The number of hydrogen-bond acceptors (Lipinski definition) is 4. The molecule has 0 unspecified atom stereocenters.